The molecule has 0 fully saturated rings. The lowest BCUT2D eigenvalue weighted by atomic mass is 9.87. The number of benzene rings is 2. The largest absolute Gasteiger partial charge is 0.494 e. The Morgan fingerprint density at radius 1 is 0.974 bits per heavy atom. The SMILES string of the molecule is CCCC(CC)Oc1ccc(C(C)(C)C)cc1NC(=O)c1nnn(-c2cc(OC)c(OC)cc2OC)c1C. The van der Waals surface area contributed by atoms with E-state index in [0.717, 1.165) is 24.8 Å². The number of aromatic nitrogens is 3. The van der Waals surface area contributed by atoms with Crippen molar-refractivity contribution in [2.75, 3.05) is 26.6 Å². The molecule has 0 saturated heterocycles. The maximum atomic E-state index is 13.5. The molecule has 1 heterocycles. The van der Waals surface area contributed by atoms with Crippen molar-refractivity contribution in [3.05, 3.63) is 47.3 Å². The molecular weight excluding hydrogens is 484 g/mol. The zero-order valence-corrected chi connectivity index (χ0v) is 24.0. The predicted molar refractivity (Wildman–Crippen MR) is 148 cm³/mol. The zero-order valence-electron chi connectivity index (χ0n) is 24.0. The standard InChI is InChI=1S/C29H40N4O5/c1-10-12-20(11-2)38-23-14-13-19(29(4,5)6)15-21(23)30-28(34)27-18(3)33(32-31-27)22-16-25(36-8)26(37-9)17-24(22)35-7/h13-17,20H,10-12H2,1-9H3,(H,30,34). The number of nitrogens with zero attached hydrogens (tertiary/aromatic N) is 3. The van der Waals surface area contributed by atoms with Crippen molar-refractivity contribution in [3.63, 3.8) is 0 Å². The topological polar surface area (TPSA) is 96.7 Å². The van der Waals surface area contributed by atoms with E-state index in [9.17, 15) is 4.79 Å². The zero-order chi connectivity index (χ0) is 28.0. The van der Waals surface area contributed by atoms with Crippen molar-refractivity contribution in [3.8, 4) is 28.7 Å². The number of carbonyl (C=O) groups is 1. The number of anilines is 1. The minimum atomic E-state index is -0.382. The minimum absolute atomic E-state index is 0.0660. The third kappa shape index (κ3) is 6.20. The van der Waals surface area contributed by atoms with Gasteiger partial charge in [0.05, 0.1) is 38.8 Å². The van der Waals surface area contributed by atoms with Gasteiger partial charge in [-0.2, -0.15) is 0 Å². The summed E-state index contributed by atoms with van der Waals surface area (Å²) in [6.45, 7) is 12.4. The normalized spacial score (nSPS) is 12.1. The Morgan fingerprint density at radius 2 is 1.63 bits per heavy atom. The molecule has 38 heavy (non-hydrogen) atoms. The van der Waals surface area contributed by atoms with Gasteiger partial charge in [-0.25, -0.2) is 4.68 Å². The number of methoxy groups -OCH3 is 3. The Morgan fingerprint density at radius 3 is 2.21 bits per heavy atom. The van der Waals surface area contributed by atoms with E-state index >= 15 is 0 Å². The van der Waals surface area contributed by atoms with Gasteiger partial charge >= 0.3 is 0 Å². The van der Waals surface area contributed by atoms with Gasteiger partial charge in [-0.1, -0.05) is 52.3 Å². The molecule has 0 aliphatic carbocycles. The van der Waals surface area contributed by atoms with Gasteiger partial charge in [0.15, 0.2) is 17.2 Å². The molecule has 0 saturated carbocycles. The third-order valence-corrected chi connectivity index (χ3v) is 6.48. The maximum absolute atomic E-state index is 13.5. The van der Waals surface area contributed by atoms with Gasteiger partial charge in [-0.15, -0.1) is 5.10 Å². The molecule has 0 spiro atoms. The van der Waals surface area contributed by atoms with Crippen LogP contribution >= 0.6 is 0 Å². The number of rotatable bonds is 11. The maximum Gasteiger partial charge on any atom is 0.278 e. The van der Waals surface area contributed by atoms with Crippen LogP contribution in [0.2, 0.25) is 0 Å². The van der Waals surface area contributed by atoms with E-state index in [4.69, 9.17) is 18.9 Å². The predicted octanol–water partition coefficient (Wildman–Crippen LogP) is 6.11. The Hall–Kier alpha value is -3.75. The van der Waals surface area contributed by atoms with E-state index < -0.39 is 0 Å². The summed E-state index contributed by atoms with van der Waals surface area (Å²) in [7, 11) is 4.66. The van der Waals surface area contributed by atoms with Crippen LogP contribution in [0.4, 0.5) is 5.69 Å². The number of carbonyl (C=O) groups excluding carboxylic acids is 1. The molecule has 1 amide bonds. The molecule has 9 nitrogen and oxygen atoms in total. The lowest BCUT2D eigenvalue weighted by Crippen LogP contribution is -2.20. The monoisotopic (exact) mass is 524 g/mol. The van der Waals surface area contributed by atoms with E-state index in [1.54, 1.807) is 45.1 Å². The summed E-state index contributed by atoms with van der Waals surface area (Å²) in [6, 6.07) is 9.40. The Labute approximate surface area is 225 Å². The lowest BCUT2D eigenvalue weighted by Gasteiger charge is -2.24. The van der Waals surface area contributed by atoms with Crippen molar-refractivity contribution in [2.45, 2.75) is 72.3 Å². The van der Waals surface area contributed by atoms with Crippen LogP contribution in [0.25, 0.3) is 5.69 Å². The quantitative estimate of drug-likeness (QED) is 0.323. The van der Waals surface area contributed by atoms with Gasteiger partial charge in [0.1, 0.15) is 17.2 Å². The summed E-state index contributed by atoms with van der Waals surface area (Å²) in [5, 5.41) is 11.5. The Balaban J connectivity index is 2.00. The number of hydrogen-bond donors (Lipinski definition) is 1. The Kier molecular flexibility index (Phi) is 9.25. The van der Waals surface area contributed by atoms with Crippen LogP contribution in [0.5, 0.6) is 23.0 Å². The fraction of sp³-hybridized carbons (Fsp3) is 0.483. The van der Waals surface area contributed by atoms with Crippen LogP contribution in [0.15, 0.2) is 30.3 Å². The molecule has 3 aromatic rings. The third-order valence-electron chi connectivity index (χ3n) is 6.48. The van der Waals surface area contributed by atoms with Gasteiger partial charge in [0.2, 0.25) is 0 Å². The van der Waals surface area contributed by atoms with E-state index in [2.05, 4.69) is 56.3 Å². The molecule has 206 valence electrons. The van der Waals surface area contributed by atoms with Crippen LogP contribution in [0.3, 0.4) is 0 Å². The van der Waals surface area contributed by atoms with Gasteiger partial charge in [0.25, 0.3) is 5.91 Å². The van der Waals surface area contributed by atoms with Crippen LogP contribution in [0.1, 0.15) is 75.6 Å². The van der Waals surface area contributed by atoms with Gasteiger partial charge in [-0.05, 0) is 42.9 Å². The highest BCUT2D eigenvalue weighted by Crippen LogP contribution is 2.37. The van der Waals surface area contributed by atoms with E-state index in [1.165, 1.54) is 0 Å². The molecular formula is C29H40N4O5. The first kappa shape index (κ1) is 28.8. The smallest absolute Gasteiger partial charge is 0.278 e. The molecule has 3 rings (SSSR count). The molecule has 0 bridgehead atoms. The average molecular weight is 525 g/mol. The van der Waals surface area contributed by atoms with Crippen molar-refractivity contribution < 1.29 is 23.7 Å². The van der Waals surface area contributed by atoms with Crippen molar-refractivity contribution in [1.29, 1.82) is 0 Å². The second-order valence-electron chi connectivity index (χ2n) is 10.2. The molecule has 9 heteroatoms. The summed E-state index contributed by atoms with van der Waals surface area (Å²) >= 11 is 0. The molecule has 2 aromatic carbocycles. The molecule has 1 N–H and O–H groups in total. The first-order valence-electron chi connectivity index (χ1n) is 12.9. The van der Waals surface area contributed by atoms with E-state index in [1.807, 2.05) is 12.1 Å². The highest BCUT2D eigenvalue weighted by Gasteiger charge is 2.24. The van der Waals surface area contributed by atoms with Crippen molar-refractivity contribution in [2.24, 2.45) is 0 Å². The second kappa shape index (κ2) is 12.2. The summed E-state index contributed by atoms with van der Waals surface area (Å²) in [5.74, 6) is 1.77. The lowest BCUT2D eigenvalue weighted by molar-refractivity contribution is 0.102. The molecule has 0 aliphatic heterocycles. The molecule has 1 atom stereocenters. The fourth-order valence-corrected chi connectivity index (χ4v) is 4.17. The van der Waals surface area contributed by atoms with E-state index in [0.29, 0.717) is 40.1 Å². The molecule has 1 unspecified atom stereocenters. The Bertz CT molecular complexity index is 1260. The summed E-state index contributed by atoms with van der Waals surface area (Å²) in [5.41, 5.74) is 2.88. The van der Waals surface area contributed by atoms with Crippen LogP contribution in [-0.2, 0) is 5.41 Å². The molecule has 0 aliphatic rings. The van der Waals surface area contributed by atoms with Crippen LogP contribution < -0.4 is 24.3 Å². The van der Waals surface area contributed by atoms with Gasteiger partial charge in [-0.3, -0.25) is 4.79 Å². The number of ether oxygens (including phenoxy) is 4. The van der Waals surface area contributed by atoms with Crippen LogP contribution in [-0.4, -0.2) is 48.3 Å². The van der Waals surface area contributed by atoms with E-state index in [-0.39, 0.29) is 23.1 Å². The minimum Gasteiger partial charge on any atom is -0.494 e. The first-order valence-corrected chi connectivity index (χ1v) is 12.9. The summed E-state index contributed by atoms with van der Waals surface area (Å²) in [4.78, 5) is 13.5. The second-order valence-corrected chi connectivity index (χ2v) is 10.2. The van der Waals surface area contributed by atoms with Gasteiger partial charge < -0.3 is 24.3 Å². The van der Waals surface area contributed by atoms with Crippen molar-refractivity contribution in [1.82, 2.24) is 15.0 Å². The summed E-state index contributed by atoms with van der Waals surface area (Å²) < 4.78 is 24.2. The summed E-state index contributed by atoms with van der Waals surface area (Å²) in [6.07, 6.45) is 2.90. The highest BCUT2D eigenvalue weighted by atomic mass is 16.5. The molecule has 1 aromatic heterocycles. The fourth-order valence-electron chi connectivity index (χ4n) is 4.17. The average Bonchev–Trinajstić information content (AvgIpc) is 3.28. The number of nitrogens with one attached hydrogen (secondary N) is 1. The molecule has 0 radical (unpaired) electrons. The van der Waals surface area contributed by atoms with Crippen LogP contribution in [0, 0.1) is 6.92 Å². The number of hydrogen-bond acceptors (Lipinski definition) is 7. The van der Waals surface area contributed by atoms with Crippen molar-refractivity contribution >= 4 is 11.6 Å². The highest BCUT2D eigenvalue weighted by molar-refractivity contribution is 6.04. The van der Waals surface area contributed by atoms with Gasteiger partial charge in [0, 0.05) is 12.1 Å². The first-order chi connectivity index (χ1) is 18.1. The number of amides is 1.